The monoisotopic (exact) mass is 160 g/mol. The van der Waals surface area contributed by atoms with Crippen LogP contribution >= 0.6 is 0 Å². The number of aromatic nitrogens is 2. The predicted octanol–water partition coefficient (Wildman–Crippen LogP) is 2.14. The molecule has 2 rings (SSSR count). The fourth-order valence-electron chi connectivity index (χ4n) is 0.854. The van der Waals surface area contributed by atoms with Gasteiger partial charge in [-0.25, -0.2) is 0 Å². The standard InChI is InChI=1S/C10H8N2/c1-3-7-11-9(5-1)10-6-2-4-8-12-10/h1-8H/i1D,3D,5D,7D. The number of hydrogen-bond acceptors (Lipinski definition) is 2. The minimum Gasteiger partial charge on any atom is -0.255 e. The van der Waals surface area contributed by atoms with E-state index in [2.05, 4.69) is 9.97 Å². The van der Waals surface area contributed by atoms with Gasteiger partial charge in [0.25, 0.3) is 0 Å². The Kier molecular flexibility index (Phi) is 0.994. The normalized spacial score (nSPS) is 14.3. The Bertz CT molecular complexity index is 528. The van der Waals surface area contributed by atoms with Gasteiger partial charge in [-0.2, -0.15) is 0 Å². The first-order valence-electron chi connectivity index (χ1n) is 5.47. The fraction of sp³-hybridized carbons (Fsp3) is 0. The zero-order valence-electron chi connectivity index (χ0n) is 10.2. The van der Waals surface area contributed by atoms with Gasteiger partial charge < -0.3 is 0 Å². The van der Waals surface area contributed by atoms with Gasteiger partial charge in [0.15, 0.2) is 0 Å². The average molecular weight is 160 g/mol. The quantitative estimate of drug-likeness (QED) is 0.638. The maximum atomic E-state index is 7.68. The Morgan fingerprint density at radius 2 is 2.08 bits per heavy atom. The SMILES string of the molecule is [2H]c1nc(-c2ccccn2)c([2H])c([2H])c1[2H]. The van der Waals surface area contributed by atoms with E-state index in [1.807, 2.05) is 0 Å². The van der Waals surface area contributed by atoms with E-state index < -0.39 is 0 Å². The van der Waals surface area contributed by atoms with Crippen LogP contribution in [0.4, 0.5) is 0 Å². The number of pyridine rings is 2. The van der Waals surface area contributed by atoms with Crippen molar-refractivity contribution in [2.24, 2.45) is 0 Å². The van der Waals surface area contributed by atoms with Crippen molar-refractivity contribution >= 4 is 0 Å². The molecule has 0 atom stereocenters. The Balaban J connectivity index is 2.68. The first kappa shape index (κ1) is 3.81. The highest BCUT2D eigenvalue weighted by Gasteiger charge is 1.95. The van der Waals surface area contributed by atoms with Crippen molar-refractivity contribution in [3.05, 3.63) is 48.7 Å². The second-order valence-electron chi connectivity index (χ2n) is 2.16. The summed E-state index contributed by atoms with van der Waals surface area (Å²) in [4.78, 5) is 7.82. The number of rotatable bonds is 1. The highest BCUT2D eigenvalue weighted by molar-refractivity contribution is 5.52. The lowest BCUT2D eigenvalue weighted by Gasteiger charge is -1.96. The number of nitrogens with zero attached hydrogens (tertiary/aromatic N) is 2. The van der Waals surface area contributed by atoms with Crippen molar-refractivity contribution in [1.29, 1.82) is 0 Å². The molecule has 0 bridgehead atoms. The molecule has 0 radical (unpaired) electrons. The van der Waals surface area contributed by atoms with Crippen LogP contribution in [0.25, 0.3) is 11.4 Å². The van der Waals surface area contributed by atoms with Crippen molar-refractivity contribution in [2.45, 2.75) is 0 Å². The lowest BCUT2D eigenvalue weighted by Crippen LogP contribution is -1.83. The van der Waals surface area contributed by atoms with Crippen LogP contribution in [-0.2, 0) is 0 Å². The molecule has 0 saturated carbocycles. The van der Waals surface area contributed by atoms with E-state index in [1.165, 1.54) is 0 Å². The molecule has 0 aliphatic heterocycles. The Morgan fingerprint density at radius 1 is 1.08 bits per heavy atom. The van der Waals surface area contributed by atoms with Crippen LogP contribution in [0.2, 0.25) is 0 Å². The third kappa shape index (κ3) is 1.32. The van der Waals surface area contributed by atoms with E-state index in [4.69, 9.17) is 5.48 Å². The molecule has 2 aromatic heterocycles. The maximum absolute atomic E-state index is 7.68. The van der Waals surface area contributed by atoms with E-state index in [0.717, 1.165) is 0 Å². The van der Waals surface area contributed by atoms with Gasteiger partial charge in [-0.15, -0.1) is 0 Å². The molecule has 2 nitrogen and oxygen atoms in total. The van der Waals surface area contributed by atoms with E-state index >= 15 is 0 Å². The van der Waals surface area contributed by atoms with Gasteiger partial charge in [0.2, 0.25) is 0 Å². The molecule has 0 saturated heterocycles. The van der Waals surface area contributed by atoms with Crippen molar-refractivity contribution in [2.75, 3.05) is 0 Å². The van der Waals surface area contributed by atoms with Crippen molar-refractivity contribution in [3.8, 4) is 11.4 Å². The van der Waals surface area contributed by atoms with Crippen LogP contribution in [-0.4, -0.2) is 9.97 Å². The fourth-order valence-corrected chi connectivity index (χ4v) is 0.854. The zero-order valence-corrected chi connectivity index (χ0v) is 6.20. The van der Waals surface area contributed by atoms with Crippen LogP contribution in [0.5, 0.6) is 0 Å². The molecular formula is C10H8N2. The summed E-state index contributed by atoms with van der Waals surface area (Å²) in [6, 6.07) is 4.34. The molecule has 2 aromatic rings. The van der Waals surface area contributed by atoms with Crippen LogP contribution in [0.15, 0.2) is 48.7 Å². The first-order valence-corrected chi connectivity index (χ1v) is 3.47. The summed E-state index contributed by atoms with van der Waals surface area (Å²) in [7, 11) is 0. The van der Waals surface area contributed by atoms with Crippen molar-refractivity contribution < 1.29 is 5.48 Å². The second kappa shape index (κ2) is 3.13. The van der Waals surface area contributed by atoms with Gasteiger partial charge in [0, 0.05) is 12.4 Å². The smallest absolute Gasteiger partial charge is 0.0886 e. The molecule has 0 spiro atoms. The molecule has 0 fully saturated rings. The van der Waals surface area contributed by atoms with E-state index in [9.17, 15) is 0 Å². The van der Waals surface area contributed by atoms with Gasteiger partial charge in [-0.05, 0) is 24.2 Å². The third-order valence-corrected chi connectivity index (χ3v) is 1.37. The summed E-state index contributed by atoms with van der Waals surface area (Å²) in [5.41, 5.74) is 0.612. The van der Waals surface area contributed by atoms with Gasteiger partial charge >= 0.3 is 0 Å². The molecular weight excluding hydrogens is 148 g/mol. The van der Waals surface area contributed by atoms with Crippen LogP contribution in [0, 0.1) is 0 Å². The van der Waals surface area contributed by atoms with Gasteiger partial charge in [0.05, 0.1) is 16.9 Å². The maximum Gasteiger partial charge on any atom is 0.0886 e. The summed E-state index contributed by atoms with van der Waals surface area (Å²) in [6.45, 7) is 0. The average Bonchev–Trinajstić information content (AvgIpc) is 2.32. The molecule has 0 aliphatic rings. The van der Waals surface area contributed by atoms with Gasteiger partial charge in [-0.1, -0.05) is 12.1 Å². The van der Waals surface area contributed by atoms with Crippen molar-refractivity contribution in [3.63, 3.8) is 0 Å². The van der Waals surface area contributed by atoms with Crippen LogP contribution in [0.3, 0.4) is 0 Å². The Morgan fingerprint density at radius 3 is 2.92 bits per heavy atom. The molecule has 0 unspecified atom stereocenters. The lowest BCUT2D eigenvalue weighted by atomic mass is 10.2. The van der Waals surface area contributed by atoms with Crippen LogP contribution in [0.1, 0.15) is 5.48 Å². The highest BCUT2D eigenvalue weighted by Crippen LogP contribution is 2.10. The molecule has 2 heterocycles. The molecule has 12 heavy (non-hydrogen) atoms. The summed E-state index contributed by atoms with van der Waals surface area (Å²) < 4.78 is 30.0. The molecule has 0 aliphatic carbocycles. The van der Waals surface area contributed by atoms with Crippen LogP contribution < -0.4 is 0 Å². The Hall–Kier alpha value is -1.70. The van der Waals surface area contributed by atoms with E-state index in [0.29, 0.717) is 5.69 Å². The van der Waals surface area contributed by atoms with Gasteiger partial charge in [-0.3, -0.25) is 9.97 Å². The summed E-state index contributed by atoms with van der Waals surface area (Å²) >= 11 is 0. The predicted molar refractivity (Wildman–Crippen MR) is 47.5 cm³/mol. The second-order valence-corrected chi connectivity index (χ2v) is 2.16. The summed E-state index contributed by atoms with van der Waals surface area (Å²) in [5, 5.41) is 0. The molecule has 0 amide bonds. The third-order valence-electron chi connectivity index (χ3n) is 1.37. The van der Waals surface area contributed by atoms with Gasteiger partial charge in [0.1, 0.15) is 0 Å². The molecule has 58 valence electrons. The molecule has 0 aromatic carbocycles. The minimum atomic E-state index is -0.329. The highest BCUT2D eigenvalue weighted by atomic mass is 14.7. The first-order chi connectivity index (χ1) is 7.61. The largest absolute Gasteiger partial charge is 0.255 e. The van der Waals surface area contributed by atoms with E-state index in [-0.39, 0.29) is 30.0 Å². The van der Waals surface area contributed by atoms with Crippen molar-refractivity contribution in [1.82, 2.24) is 9.97 Å². The lowest BCUT2D eigenvalue weighted by molar-refractivity contribution is 1.25. The topological polar surface area (TPSA) is 25.8 Å². The minimum absolute atomic E-state index is 0.167. The summed E-state index contributed by atoms with van der Waals surface area (Å²) in [5.74, 6) is 0. The molecule has 2 heteroatoms. The Labute approximate surface area is 76.5 Å². The molecule has 0 N–H and O–H groups in total. The summed E-state index contributed by atoms with van der Waals surface area (Å²) in [6.07, 6.45) is 1.25. The zero-order chi connectivity index (χ0) is 11.7. The number of hydrogen-bond donors (Lipinski definition) is 0. The van der Waals surface area contributed by atoms with E-state index in [1.54, 1.807) is 24.4 Å².